The van der Waals surface area contributed by atoms with Gasteiger partial charge in [0.1, 0.15) is 0 Å². The molecule has 0 fully saturated rings. The summed E-state index contributed by atoms with van der Waals surface area (Å²) < 4.78 is 1.19. The lowest BCUT2D eigenvalue weighted by atomic mass is 9.97. The van der Waals surface area contributed by atoms with Crippen molar-refractivity contribution in [2.45, 2.75) is 27.3 Å². The van der Waals surface area contributed by atoms with E-state index in [2.05, 4.69) is 53.5 Å². The molecule has 1 rings (SSSR count). The molecule has 0 aliphatic rings. The second kappa shape index (κ2) is 4.58. The molecule has 0 unspecified atom stereocenters. The molecule has 1 heterocycles. The number of thiophene rings is 1. The zero-order valence-corrected chi connectivity index (χ0v) is 10.8. The number of hydrogen-bond acceptors (Lipinski definition) is 2. The molecule has 0 aliphatic carbocycles. The molecule has 13 heavy (non-hydrogen) atoms. The summed E-state index contributed by atoms with van der Waals surface area (Å²) in [6, 6.07) is 2.17. The quantitative estimate of drug-likeness (QED) is 0.876. The molecule has 3 heteroatoms. The van der Waals surface area contributed by atoms with E-state index < -0.39 is 0 Å². The Morgan fingerprint density at radius 2 is 2.15 bits per heavy atom. The predicted molar refractivity (Wildman–Crippen MR) is 63.2 cm³/mol. The van der Waals surface area contributed by atoms with Gasteiger partial charge in [-0.2, -0.15) is 0 Å². The standard InChI is InChI=1S/C10H16BrNS/c1-10(2,3)7-12-5-9-4-8(11)6-13-9/h4,6,12H,5,7H2,1-3H3. The van der Waals surface area contributed by atoms with Crippen LogP contribution in [-0.4, -0.2) is 6.54 Å². The van der Waals surface area contributed by atoms with Gasteiger partial charge in [-0.25, -0.2) is 0 Å². The first-order valence-electron chi connectivity index (χ1n) is 4.41. The lowest BCUT2D eigenvalue weighted by molar-refractivity contribution is 0.380. The minimum absolute atomic E-state index is 0.370. The predicted octanol–water partition coefficient (Wildman–Crippen LogP) is 3.65. The summed E-state index contributed by atoms with van der Waals surface area (Å²) in [5, 5.41) is 5.56. The van der Waals surface area contributed by atoms with Crippen LogP contribution in [0.25, 0.3) is 0 Å². The van der Waals surface area contributed by atoms with Crippen molar-refractivity contribution in [3.8, 4) is 0 Å². The molecule has 0 atom stereocenters. The maximum atomic E-state index is 3.45. The van der Waals surface area contributed by atoms with Crippen molar-refractivity contribution in [1.29, 1.82) is 0 Å². The fourth-order valence-electron chi connectivity index (χ4n) is 1.01. The third-order valence-corrected chi connectivity index (χ3v) is 3.27. The minimum Gasteiger partial charge on any atom is -0.311 e. The van der Waals surface area contributed by atoms with Crippen LogP contribution in [0.5, 0.6) is 0 Å². The molecule has 0 saturated heterocycles. The molecule has 0 spiro atoms. The summed E-state index contributed by atoms with van der Waals surface area (Å²) in [5.74, 6) is 0. The summed E-state index contributed by atoms with van der Waals surface area (Å²) in [6.45, 7) is 8.76. The SMILES string of the molecule is CC(C)(C)CNCc1cc(Br)cs1. The summed E-state index contributed by atoms with van der Waals surface area (Å²) in [5.41, 5.74) is 0.370. The Bertz CT molecular complexity index is 262. The molecular weight excluding hydrogens is 246 g/mol. The van der Waals surface area contributed by atoms with E-state index in [0.717, 1.165) is 13.1 Å². The van der Waals surface area contributed by atoms with E-state index in [-0.39, 0.29) is 0 Å². The monoisotopic (exact) mass is 261 g/mol. The zero-order valence-electron chi connectivity index (χ0n) is 8.36. The van der Waals surface area contributed by atoms with E-state index in [9.17, 15) is 0 Å². The highest BCUT2D eigenvalue weighted by Crippen LogP contribution is 2.19. The first kappa shape index (κ1) is 11.2. The van der Waals surface area contributed by atoms with Gasteiger partial charge in [0.05, 0.1) is 0 Å². The van der Waals surface area contributed by atoms with Crippen LogP contribution in [0.2, 0.25) is 0 Å². The highest BCUT2D eigenvalue weighted by atomic mass is 79.9. The van der Waals surface area contributed by atoms with Gasteiger partial charge in [0.15, 0.2) is 0 Å². The Morgan fingerprint density at radius 1 is 1.46 bits per heavy atom. The van der Waals surface area contributed by atoms with Gasteiger partial charge in [0, 0.05) is 27.8 Å². The number of rotatable bonds is 3. The average molecular weight is 262 g/mol. The Morgan fingerprint density at radius 3 is 2.62 bits per heavy atom. The van der Waals surface area contributed by atoms with Crippen molar-refractivity contribution in [3.63, 3.8) is 0 Å². The summed E-state index contributed by atoms with van der Waals surface area (Å²) >= 11 is 5.24. The molecule has 0 aliphatic heterocycles. The molecule has 0 aromatic carbocycles. The van der Waals surface area contributed by atoms with Crippen molar-refractivity contribution < 1.29 is 0 Å². The van der Waals surface area contributed by atoms with E-state index in [4.69, 9.17) is 0 Å². The van der Waals surface area contributed by atoms with Crippen molar-refractivity contribution in [2.75, 3.05) is 6.54 Å². The van der Waals surface area contributed by atoms with Crippen LogP contribution in [0.15, 0.2) is 15.9 Å². The average Bonchev–Trinajstić information content (AvgIpc) is 2.33. The van der Waals surface area contributed by atoms with Crippen molar-refractivity contribution >= 4 is 27.3 Å². The Balaban J connectivity index is 2.28. The van der Waals surface area contributed by atoms with E-state index in [1.54, 1.807) is 11.3 Å². The Kier molecular flexibility index (Phi) is 3.95. The molecule has 1 N–H and O–H groups in total. The van der Waals surface area contributed by atoms with Crippen molar-refractivity contribution in [3.05, 3.63) is 20.8 Å². The molecule has 1 nitrogen and oxygen atoms in total. The van der Waals surface area contributed by atoms with Crippen LogP contribution in [0.3, 0.4) is 0 Å². The van der Waals surface area contributed by atoms with Crippen LogP contribution >= 0.6 is 27.3 Å². The topological polar surface area (TPSA) is 12.0 Å². The molecule has 1 aromatic rings. The lowest BCUT2D eigenvalue weighted by Gasteiger charge is -2.18. The van der Waals surface area contributed by atoms with Gasteiger partial charge in [0.25, 0.3) is 0 Å². The lowest BCUT2D eigenvalue weighted by Crippen LogP contribution is -2.26. The van der Waals surface area contributed by atoms with Gasteiger partial charge >= 0.3 is 0 Å². The van der Waals surface area contributed by atoms with Crippen LogP contribution in [-0.2, 0) is 6.54 Å². The van der Waals surface area contributed by atoms with E-state index in [0.29, 0.717) is 5.41 Å². The van der Waals surface area contributed by atoms with Gasteiger partial charge < -0.3 is 5.32 Å². The molecular formula is C10H16BrNS. The second-order valence-corrected chi connectivity index (χ2v) is 6.31. The van der Waals surface area contributed by atoms with Crippen molar-refractivity contribution in [2.24, 2.45) is 5.41 Å². The fourth-order valence-corrected chi connectivity index (χ4v) is 2.43. The Labute approximate surface area is 92.7 Å². The van der Waals surface area contributed by atoms with Crippen LogP contribution in [0.1, 0.15) is 25.6 Å². The normalized spacial score (nSPS) is 12.0. The van der Waals surface area contributed by atoms with Gasteiger partial charge in [-0.15, -0.1) is 11.3 Å². The van der Waals surface area contributed by atoms with Crippen LogP contribution < -0.4 is 5.32 Å². The molecule has 1 aromatic heterocycles. The smallest absolute Gasteiger partial charge is 0.0300 e. The summed E-state index contributed by atoms with van der Waals surface area (Å²) in [4.78, 5) is 1.39. The number of hydrogen-bond donors (Lipinski definition) is 1. The highest BCUT2D eigenvalue weighted by Gasteiger charge is 2.08. The first-order valence-corrected chi connectivity index (χ1v) is 6.08. The maximum Gasteiger partial charge on any atom is 0.0300 e. The van der Waals surface area contributed by atoms with Gasteiger partial charge in [0.2, 0.25) is 0 Å². The van der Waals surface area contributed by atoms with Crippen LogP contribution in [0, 0.1) is 5.41 Å². The zero-order chi connectivity index (χ0) is 9.90. The maximum absolute atomic E-state index is 3.45. The second-order valence-electron chi connectivity index (χ2n) is 4.40. The molecule has 0 radical (unpaired) electrons. The summed E-state index contributed by atoms with van der Waals surface area (Å²) in [6.07, 6.45) is 0. The van der Waals surface area contributed by atoms with Gasteiger partial charge in [-0.3, -0.25) is 0 Å². The first-order chi connectivity index (χ1) is 5.97. The molecule has 0 amide bonds. The van der Waals surface area contributed by atoms with E-state index in [1.807, 2.05) is 0 Å². The van der Waals surface area contributed by atoms with Crippen molar-refractivity contribution in [1.82, 2.24) is 5.32 Å². The fraction of sp³-hybridized carbons (Fsp3) is 0.600. The summed E-state index contributed by atoms with van der Waals surface area (Å²) in [7, 11) is 0. The van der Waals surface area contributed by atoms with Gasteiger partial charge in [-0.1, -0.05) is 20.8 Å². The molecule has 0 saturated carbocycles. The third kappa shape index (κ3) is 4.79. The largest absolute Gasteiger partial charge is 0.311 e. The minimum atomic E-state index is 0.370. The Hall–Kier alpha value is 0.140. The molecule has 0 bridgehead atoms. The molecule has 74 valence electrons. The van der Waals surface area contributed by atoms with Crippen LogP contribution in [0.4, 0.5) is 0 Å². The number of halogens is 1. The highest BCUT2D eigenvalue weighted by molar-refractivity contribution is 9.10. The van der Waals surface area contributed by atoms with Gasteiger partial charge in [-0.05, 0) is 27.4 Å². The number of nitrogens with one attached hydrogen (secondary N) is 1. The van der Waals surface area contributed by atoms with E-state index >= 15 is 0 Å². The third-order valence-electron chi connectivity index (χ3n) is 1.58. The van der Waals surface area contributed by atoms with E-state index in [1.165, 1.54) is 9.35 Å².